The Morgan fingerprint density at radius 2 is 0.464 bits per heavy atom. The van der Waals surface area contributed by atoms with Gasteiger partial charge in [0.1, 0.15) is 0 Å². The first kappa shape index (κ1) is 50.8. The van der Waals surface area contributed by atoms with Crippen LogP contribution in [0.2, 0.25) is 0 Å². The molecule has 12 aromatic carbocycles. The van der Waals surface area contributed by atoms with E-state index in [-0.39, 0.29) is 35.0 Å². The second kappa shape index (κ2) is 18.8. The van der Waals surface area contributed by atoms with Gasteiger partial charge in [-0.05, 0) is 158 Å². The van der Waals surface area contributed by atoms with Crippen molar-refractivity contribution in [2.75, 3.05) is 0 Å². The molecule has 0 bridgehead atoms. The molecule has 16 rings (SSSR count). The molecule has 0 amide bonds. The predicted molar refractivity (Wildman–Crippen MR) is 348 cm³/mol. The number of aromatic amines is 2. The van der Waals surface area contributed by atoms with E-state index in [9.17, 15) is 28.8 Å². The maximum Gasteiger partial charge on any atom is 0.261 e. The van der Waals surface area contributed by atoms with E-state index >= 15 is 9.59 Å². The number of rotatable bonds is 20. The summed E-state index contributed by atoms with van der Waals surface area (Å²) < 4.78 is 2.82. The van der Waals surface area contributed by atoms with Gasteiger partial charge >= 0.3 is 0 Å². The summed E-state index contributed by atoms with van der Waals surface area (Å²) in [5.74, 6) is 0. The fourth-order valence-corrected chi connectivity index (χ4v) is 16.1. The molecule has 0 spiro atoms. The van der Waals surface area contributed by atoms with Gasteiger partial charge in [-0.15, -0.1) is 0 Å². The summed E-state index contributed by atoms with van der Waals surface area (Å²) in [6, 6.07) is 22.3. The molecule has 2 N–H and O–H groups in total. The first-order valence-corrected chi connectivity index (χ1v) is 30.8. The summed E-state index contributed by atoms with van der Waals surface area (Å²) in [6.45, 7) is 4.94. The van der Waals surface area contributed by atoms with E-state index in [0.717, 1.165) is 94.5 Å². The van der Waals surface area contributed by atoms with Gasteiger partial charge in [-0.25, -0.2) is 0 Å². The van der Waals surface area contributed by atoms with Crippen molar-refractivity contribution in [1.82, 2.24) is 19.1 Å². The van der Waals surface area contributed by atoms with E-state index in [2.05, 4.69) is 23.8 Å². The quantitative estimate of drug-likeness (QED) is 0.0430. The van der Waals surface area contributed by atoms with Gasteiger partial charge in [0.2, 0.25) is 0 Å². The topological polar surface area (TPSA) is 178 Å². The lowest BCUT2D eigenvalue weighted by molar-refractivity contribution is 0.530. The third kappa shape index (κ3) is 6.76. The van der Waals surface area contributed by atoms with E-state index in [1.807, 2.05) is 60.7 Å². The molecule has 4 aromatic heterocycles. The van der Waals surface area contributed by atoms with E-state index in [1.54, 1.807) is 12.1 Å². The van der Waals surface area contributed by atoms with Crippen LogP contribution in [0, 0.1) is 0 Å². The van der Waals surface area contributed by atoms with Crippen molar-refractivity contribution in [1.29, 1.82) is 0 Å². The van der Waals surface area contributed by atoms with E-state index < -0.39 is 33.4 Å². The summed E-state index contributed by atoms with van der Waals surface area (Å²) in [7, 11) is 0. The zero-order chi connectivity index (χ0) is 57.1. The van der Waals surface area contributed by atoms with Gasteiger partial charge in [0.05, 0.1) is 0 Å². The van der Waals surface area contributed by atoms with Gasteiger partial charge in [-0.1, -0.05) is 141 Å². The average Bonchev–Trinajstić information content (AvgIpc) is 0.668. The maximum atomic E-state index is 15.6. The third-order valence-corrected chi connectivity index (χ3v) is 19.8. The minimum absolute atomic E-state index is 0.257. The second-order valence-corrected chi connectivity index (χ2v) is 24.5. The van der Waals surface area contributed by atoms with Crippen molar-refractivity contribution >= 4 is 162 Å². The molecular weight excluding hydrogens is 1050 g/mol. The molecule has 0 aliphatic heterocycles. The van der Waals surface area contributed by atoms with Crippen molar-refractivity contribution in [3.63, 3.8) is 0 Å². The minimum Gasteiger partial charge on any atom is -0.288 e. The Bertz CT molecular complexity index is 5560. The molecule has 0 aliphatic carbocycles. The van der Waals surface area contributed by atoms with Crippen LogP contribution in [0.1, 0.15) is 129 Å². The first-order chi connectivity index (χ1) is 41.0. The lowest BCUT2D eigenvalue weighted by Gasteiger charge is -2.26. The van der Waals surface area contributed by atoms with Gasteiger partial charge in [-0.3, -0.25) is 57.5 Å². The molecule has 84 heavy (non-hydrogen) atoms. The van der Waals surface area contributed by atoms with Gasteiger partial charge in [0.25, 0.3) is 44.5 Å². The number of pyridine rings is 4. The number of benzene rings is 12. The van der Waals surface area contributed by atoms with Crippen LogP contribution in [0.15, 0.2) is 111 Å². The molecular formula is C72H60N4O8. The highest BCUT2D eigenvalue weighted by molar-refractivity contribution is 6.56. The summed E-state index contributed by atoms with van der Waals surface area (Å²) in [5, 5.41) is 17.5. The minimum atomic E-state index is -0.564. The number of fused-ring (bicyclic) bond motifs is 7. The smallest absolute Gasteiger partial charge is 0.261 e. The van der Waals surface area contributed by atoms with Gasteiger partial charge < -0.3 is 0 Å². The Morgan fingerprint density at radius 1 is 0.238 bits per heavy atom. The Labute approximate surface area is 476 Å². The largest absolute Gasteiger partial charge is 0.288 e. The highest BCUT2D eigenvalue weighted by Gasteiger charge is 2.32. The van der Waals surface area contributed by atoms with Crippen LogP contribution >= 0.6 is 0 Å². The average molecular weight is 1110 g/mol. The van der Waals surface area contributed by atoms with Crippen molar-refractivity contribution in [3.8, 4) is 0 Å². The number of aromatic nitrogens is 4. The van der Waals surface area contributed by atoms with Crippen LogP contribution in [0.5, 0.6) is 0 Å². The monoisotopic (exact) mass is 1110 g/mol. The number of H-pyrrole nitrogens is 2. The molecule has 0 saturated carbocycles. The standard InChI is InChI=1S/C72H60N4O8/c1-3-5-7-9-11-13-15-17-19-29-75-69(81)41-27-23-37-35-21-25-39-51-47(67(79)73-65(39)77)31-43-55-44-32-48-52-40(66(78)74-68(48)80)26-22-36-38-24-28-42-54-50(72(84)76(70(42)82)30-20-18-16-14-12-10-8-6-4-2)34-46(64(60(38)54)62(44)58(36)52)56(55)45-33-49(71(75)83)53(41)59(37)63(45)61(43)57(35)51/h21-28,31-34H,3-20,29-30H2,1-2H3,(H,73,77,79)(H,74,78,80). The molecule has 0 atom stereocenters. The van der Waals surface area contributed by atoms with E-state index in [0.29, 0.717) is 121 Å². The molecule has 416 valence electrons. The number of hydrogen-bond acceptors (Lipinski definition) is 8. The summed E-state index contributed by atoms with van der Waals surface area (Å²) in [4.78, 5) is 123. The third-order valence-electron chi connectivity index (χ3n) is 19.8. The zero-order valence-corrected chi connectivity index (χ0v) is 47.2. The molecule has 0 fully saturated rings. The normalized spacial score (nSPS) is 13.0. The Balaban J connectivity index is 1.07. The highest BCUT2D eigenvalue weighted by atomic mass is 16.2. The van der Waals surface area contributed by atoms with Crippen molar-refractivity contribution in [2.45, 2.75) is 143 Å². The first-order valence-electron chi connectivity index (χ1n) is 30.8. The van der Waals surface area contributed by atoms with Crippen LogP contribution in [0.4, 0.5) is 0 Å². The summed E-state index contributed by atoms with van der Waals surface area (Å²) >= 11 is 0. The SMILES string of the molecule is CCCCCCCCCCCn1c(=O)c2ccc3c4ccc5c(=O)[nH]c(=O)c6cc7c8c9cc%10c(=O)[nH]c(=O)c%11ccc%12c%13ccc%14c(=O)n(CCCCCCCCCCC)c(=O)c%15cc(c8c8cc(c1=O)c2c3c8c7c4c56)c(c%13c%14%15)c9c%12c%11%10. The van der Waals surface area contributed by atoms with Gasteiger partial charge in [0.15, 0.2) is 0 Å². The lowest BCUT2D eigenvalue weighted by Crippen LogP contribution is -2.33. The second-order valence-electron chi connectivity index (χ2n) is 24.5. The number of nitrogens with one attached hydrogen (secondary N) is 2. The molecule has 4 heterocycles. The van der Waals surface area contributed by atoms with Crippen LogP contribution < -0.4 is 44.5 Å². The molecule has 0 saturated heterocycles. The van der Waals surface area contributed by atoms with E-state index in [4.69, 9.17) is 0 Å². The Hall–Kier alpha value is -8.90. The van der Waals surface area contributed by atoms with Crippen LogP contribution in [-0.2, 0) is 13.1 Å². The number of hydrogen-bond donors (Lipinski definition) is 2. The van der Waals surface area contributed by atoms with Crippen LogP contribution in [-0.4, -0.2) is 19.1 Å². The molecule has 0 aliphatic rings. The van der Waals surface area contributed by atoms with Crippen molar-refractivity contribution in [3.05, 3.63) is 156 Å². The summed E-state index contributed by atoms with van der Waals surface area (Å²) in [6.07, 6.45) is 19.4. The predicted octanol–water partition coefficient (Wildman–Crippen LogP) is 14.7. The van der Waals surface area contributed by atoms with E-state index in [1.165, 1.54) is 60.5 Å². The number of unbranched alkanes of at least 4 members (excludes halogenated alkanes) is 16. The molecule has 12 nitrogen and oxygen atoms in total. The maximum absolute atomic E-state index is 15.6. The van der Waals surface area contributed by atoms with Gasteiger partial charge in [-0.2, -0.15) is 0 Å². The zero-order valence-electron chi connectivity index (χ0n) is 47.2. The Kier molecular flexibility index (Phi) is 11.4. The fourth-order valence-electron chi connectivity index (χ4n) is 16.1. The van der Waals surface area contributed by atoms with Crippen LogP contribution in [0.25, 0.3) is 162 Å². The van der Waals surface area contributed by atoms with Crippen LogP contribution in [0.3, 0.4) is 0 Å². The molecule has 0 unspecified atom stereocenters. The van der Waals surface area contributed by atoms with Crippen molar-refractivity contribution in [2.24, 2.45) is 0 Å². The molecule has 12 heteroatoms. The lowest BCUT2D eigenvalue weighted by atomic mass is 9.76. The molecule has 0 radical (unpaired) electrons. The highest BCUT2D eigenvalue weighted by Crippen LogP contribution is 2.57. The number of nitrogens with zero attached hydrogens (tertiary/aromatic N) is 2. The summed E-state index contributed by atoms with van der Waals surface area (Å²) in [5.41, 5.74) is -3.67. The fraction of sp³-hybridized carbons (Fsp3) is 0.306. The Morgan fingerprint density at radius 3 is 0.798 bits per heavy atom. The molecule has 16 aromatic rings. The van der Waals surface area contributed by atoms with Crippen molar-refractivity contribution < 1.29 is 0 Å². The van der Waals surface area contributed by atoms with Gasteiger partial charge in [0, 0.05) is 77.7 Å².